The number of thiophene rings is 1. The number of rotatable bonds is 7. The second-order valence-corrected chi connectivity index (χ2v) is 31.2. The summed E-state index contributed by atoms with van der Waals surface area (Å²) >= 11 is 1.92. The number of carbonyl (C=O) groups is 2. The number of hydrogen-bond acceptors (Lipinski definition) is 12. The van der Waals surface area contributed by atoms with Gasteiger partial charge < -0.3 is 24.6 Å². The molecule has 0 saturated carbocycles. The Bertz CT molecular complexity index is 6910. The van der Waals surface area contributed by atoms with Gasteiger partial charge in [-0.2, -0.15) is 13.7 Å². The molecule has 0 amide bonds. The van der Waals surface area contributed by atoms with E-state index in [9.17, 15) is 9.59 Å². The van der Waals surface area contributed by atoms with Gasteiger partial charge in [-0.15, -0.1) is 155 Å². The molecule has 14 nitrogen and oxygen atoms in total. The summed E-state index contributed by atoms with van der Waals surface area (Å²) in [5, 5.41) is 26.0. The number of aliphatic hydroxyl groups is 2. The van der Waals surface area contributed by atoms with Crippen molar-refractivity contribution in [2.45, 2.75) is 68.1 Å². The Labute approximate surface area is 795 Å². The number of aliphatic hydroxyl groups excluding tert-OH is 2. The molecule has 0 spiro atoms. The Morgan fingerprint density at radius 1 is 0.419 bits per heavy atom. The first-order chi connectivity index (χ1) is 61.5. The number of carbonyl (C=O) groups excluding carboxylic acids is 2. The van der Waals surface area contributed by atoms with Gasteiger partial charge in [-0.25, -0.2) is 4.98 Å². The summed E-state index contributed by atoms with van der Waals surface area (Å²) in [6, 6.07) is 120. The first-order valence-corrected chi connectivity index (χ1v) is 42.2. The minimum absolute atomic E-state index is 0. The Balaban J connectivity index is 0.000000134. The maximum absolute atomic E-state index is 10.0. The normalized spacial score (nSPS) is 11.2. The number of aromatic nitrogens is 9. The Hall–Kier alpha value is -13.8. The van der Waals surface area contributed by atoms with Gasteiger partial charge in [-0.1, -0.05) is 133 Å². The molecule has 0 bridgehead atoms. The summed E-state index contributed by atoms with van der Waals surface area (Å²) in [4.78, 5) is 45.5. The summed E-state index contributed by atoms with van der Waals surface area (Å²) in [6.07, 6.45) is 15.9. The molecule has 9 aromatic heterocycles. The van der Waals surface area contributed by atoms with Gasteiger partial charge in [0, 0.05) is 191 Å². The third-order valence-electron chi connectivity index (χ3n) is 20.8. The molecule has 2 N–H and O–H groups in total. The van der Waals surface area contributed by atoms with Crippen LogP contribution >= 0.6 is 11.3 Å². The van der Waals surface area contributed by atoms with Gasteiger partial charge in [0.2, 0.25) is 16.9 Å². The Kier molecular flexibility index (Phi) is 33.4. The minimum Gasteiger partial charge on any atom is -0.512 e. The molecule has 23 rings (SSSR count). The fraction of sp³-hybridized carbons (Fsp3) is 0.0901. The molecule has 0 saturated heterocycles. The van der Waals surface area contributed by atoms with E-state index in [2.05, 4.69) is 251 Å². The predicted octanol–water partition coefficient (Wildman–Crippen LogP) is 24.6. The molecule has 3 radical (unpaired) electrons. The van der Waals surface area contributed by atoms with Crippen LogP contribution in [-0.4, -0.2) is 51.7 Å². The van der Waals surface area contributed by atoms with Crippen LogP contribution in [0, 0.1) is 45.0 Å². The quantitative estimate of drug-likeness (QED) is 0.0510. The van der Waals surface area contributed by atoms with Gasteiger partial charge in [0.1, 0.15) is 17.5 Å². The molecular weight excluding hydrogens is 2150 g/mol. The van der Waals surface area contributed by atoms with Crippen molar-refractivity contribution in [2.24, 2.45) is 0 Å². The summed E-state index contributed by atoms with van der Waals surface area (Å²) in [5.74, 6) is 0.612. The van der Waals surface area contributed by atoms with E-state index in [1.54, 1.807) is 18.7 Å². The van der Waals surface area contributed by atoms with Gasteiger partial charge in [0.15, 0.2) is 49.8 Å². The molecule has 11 aromatic carbocycles. The van der Waals surface area contributed by atoms with Crippen molar-refractivity contribution in [3.63, 3.8) is 0 Å². The summed E-state index contributed by atoms with van der Waals surface area (Å²) < 4.78 is 15.9. The third-order valence-corrected chi connectivity index (χ3v) is 22.0. The third kappa shape index (κ3) is 23.7. The van der Waals surface area contributed by atoms with Crippen LogP contribution in [-0.2, 0) is 89.5 Å². The topological polar surface area (TPSA) is 177 Å². The molecule has 3 aliphatic heterocycles. The summed E-state index contributed by atoms with van der Waals surface area (Å²) in [5.41, 5.74) is 25.3. The number of furan rings is 1. The van der Waals surface area contributed by atoms with E-state index in [1.807, 2.05) is 189 Å². The standard InChI is InChI=1S/C18H12NO.C18H12NS.C18H14N.C14H10N.2C11H9N2.C11H8N.2C5H8O2.3Ir/c2*1-2-7-16-13(5-1)14-9-8-12-11-19-10-4-3-6-15(19)17(12)18(14)20-16;1-14-12-18(16-10-6-3-7-11-16)19-13-17(14)15-8-4-2-5-9-15;1-3-10-6-7-11-5-2-8-15-9-12(4-1)13(10)14(11)15;1-9-7-11(13-8-12-9)10-5-3-2-4-6-10;1-9-7-8-12-11(13-9)10-5-3-2-4-6-10;1-2-6-10(7-3-1)11-8-4-5-9-12-11;2*1-4(6)3-5(2)7;;;/h2*1-10H,11H2;2-10,12-13H,1H3;1-8H,9H2;2*2-5,7-8H,1H3;1-6,8-9H;2*3,6H,1-2H3;;;/q2*+1;-1;+1;3*-1;;;;;. The van der Waals surface area contributed by atoms with Gasteiger partial charge in [-0.3, -0.25) is 24.5 Å². The van der Waals surface area contributed by atoms with E-state index in [0.717, 1.165) is 87.3 Å². The number of pyridine rings is 5. The zero-order valence-corrected chi connectivity index (χ0v) is 79.9. The van der Waals surface area contributed by atoms with Crippen molar-refractivity contribution in [3.8, 4) is 78.8 Å². The zero-order chi connectivity index (χ0) is 87.3. The number of allylic oxidation sites excluding steroid dienone is 4. The van der Waals surface area contributed by atoms with Crippen molar-refractivity contribution < 1.29 is 98.2 Å². The smallest absolute Gasteiger partial charge is 0.221 e. The van der Waals surface area contributed by atoms with Crippen molar-refractivity contribution in [3.05, 3.63) is 441 Å². The molecule has 12 heterocycles. The molecule has 20 aromatic rings. The molecule has 129 heavy (non-hydrogen) atoms. The molecule has 18 heteroatoms. The molecule has 643 valence electrons. The van der Waals surface area contributed by atoms with Crippen LogP contribution in [0.25, 0.3) is 143 Å². The molecule has 0 fully saturated rings. The van der Waals surface area contributed by atoms with E-state index < -0.39 is 0 Å². The maximum Gasteiger partial charge on any atom is 0.221 e. The van der Waals surface area contributed by atoms with Crippen LogP contribution in [0.2, 0.25) is 0 Å². The van der Waals surface area contributed by atoms with Crippen molar-refractivity contribution in [1.82, 2.24) is 29.9 Å². The fourth-order valence-corrected chi connectivity index (χ4v) is 16.6. The average Bonchev–Trinajstić information content (AvgIpc) is 1.59. The van der Waals surface area contributed by atoms with E-state index in [1.165, 1.54) is 148 Å². The average molecular weight is 2240 g/mol. The molecule has 0 aliphatic carbocycles. The maximum atomic E-state index is 10.0. The monoisotopic (exact) mass is 2240 g/mol. The second-order valence-electron chi connectivity index (χ2n) is 30.2. The van der Waals surface area contributed by atoms with Gasteiger partial charge in [-0.05, 0) is 137 Å². The van der Waals surface area contributed by atoms with Crippen molar-refractivity contribution >= 4 is 86.7 Å². The number of para-hydroxylation sites is 1. The second kappa shape index (κ2) is 45.6. The first-order valence-electron chi connectivity index (χ1n) is 41.4. The number of aryl methyl sites for hydroxylation is 3. The van der Waals surface area contributed by atoms with E-state index in [4.69, 9.17) is 14.6 Å². The summed E-state index contributed by atoms with van der Waals surface area (Å²) in [6.45, 7) is 14.7. The van der Waals surface area contributed by atoms with Gasteiger partial charge in [0.05, 0.1) is 33.9 Å². The van der Waals surface area contributed by atoms with Crippen LogP contribution in [0.5, 0.6) is 0 Å². The Morgan fingerprint density at radius 3 is 1.56 bits per heavy atom. The van der Waals surface area contributed by atoms with Gasteiger partial charge in [0.25, 0.3) is 0 Å². The Morgan fingerprint density at radius 2 is 0.961 bits per heavy atom. The van der Waals surface area contributed by atoms with Crippen molar-refractivity contribution in [2.75, 3.05) is 0 Å². The number of fused-ring (bicyclic) bond motifs is 14. The number of ketones is 2. The van der Waals surface area contributed by atoms with Crippen LogP contribution in [0.1, 0.15) is 61.3 Å². The van der Waals surface area contributed by atoms with Crippen LogP contribution < -0.4 is 13.7 Å². The van der Waals surface area contributed by atoms with E-state index >= 15 is 0 Å². The number of benzene rings is 11. The number of nitrogens with zero attached hydrogens (tertiary/aromatic N) is 9. The fourth-order valence-electron chi connectivity index (χ4n) is 15.3. The SMILES string of the molecule is CC(=O)C=C(C)O.CC(=O)C=C(C)O.Cc1cc(-c2[c-]cccc2)ncc1-c1ccccc1.Cc1cc(-c2[c-]cccc2)ncn1.Cc1ccnc(-c2[c-]cccc2)n1.[Ir].[Ir].[Ir].[c-]1ccccc1-c1ccccn1.c1cc2c3c(c1)ccc1ccc[n+](c13)C2.c1cc[n+]2c(c1)-c1c(ccc3c1oc1ccccc13)C2.c1cc[n+]2c(c1)-c1c(ccc3c1sc1ccccc13)C2. The minimum atomic E-state index is -0.125. The molecule has 0 atom stereocenters. The largest absolute Gasteiger partial charge is 0.512 e. The predicted molar refractivity (Wildman–Crippen MR) is 507 cm³/mol. The zero-order valence-electron chi connectivity index (χ0n) is 71.9. The van der Waals surface area contributed by atoms with Crippen LogP contribution in [0.4, 0.5) is 0 Å². The van der Waals surface area contributed by atoms with Crippen molar-refractivity contribution in [1.29, 1.82) is 0 Å². The molecular formula is C111H90Ir3N9O5S-. The summed E-state index contributed by atoms with van der Waals surface area (Å²) in [7, 11) is 0. The van der Waals surface area contributed by atoms with Gasteiger partial charge >= 0.3 is 0 Å². The van der Waals surface area contributed by atoms with Crippen LogP contribution in [0.15, 0.2) is 387 Å². The molecule has 3 aliphatic rings. The van der Waals surface area contributed by atoms with Crippen LogP contribution in [0.3, 0.4) is 0 Å². The van der Waals surface area contributed by atoms with E-state index in [0.29, 0.717) is 0 Å². The first kappa shape index (κ1) is 94.4. The number of hydrogen-bond donors (Lipinski definition) is 2. The molecule has 0 unspecified atom stereocenters. The van der Waals surface area contributed by atoms with E-state index in [-0.39, 0.29) is 83.4 Å².